The van der Waals surface area contributed by atoms with Crippen LogP contribution >= 0.6 is 0 Å². The Kier molecular flexibility index (Phi) is 4.72. The van der Waals surface area contributed by atoms with E-state index in [1.165, 1.54) is 24.4 Å². The van der Waals surface area contributed by atoms with Crippen LogP contribution in [0.5, 0.6) is 11.5 Å². The minimum absolute atomic E-state index is 0.0643. The van der Waals surface area contributed by atoms with Crippen molar-refractivity contribution < 1.29 is 19.8 Å². The third-order valence-corrected chi connectivity index (χ3v) is 3.23. The van der Waals surface area contributed by atoms with E-state index in [-0.39, 0.29) is 35.7 Å². The summed E-state index contributed by atoms with van der Waals surface area (Å²) in [6.07, 6.45) is 1.75. The maximum atomic E-state index is 11.6. The SMILES string of the molecule is CC1=NNC(=O)[C@@H]1CCC(=O)N/N=C\c1ccc(O)cc1O. The van der Waals surface area contributed by atoms with Crippen LogP contribution in [-0.4, -0.2) is 34.0 Å². The van der Waals surface area contributed by atoms with E-state index in [0.717, 1.165) is 0 Å². The van der Waals surface area contributed by atoms with E-state index in [9.17, 15) is 14.7 Å². The zero-order valence-corrected chi connectivity index (χ0v) is 11.9. The Bertz CT molecular complexity index is 654. The van der Waals surface area contributed by atoms with E-state index >= 15 is 0 Å². The van der Waals surface area contributed by atoms with Crippen molar-refractivity contribution in [3.8, 4) is 11.5 Å². The first-order valence-electron chi connectivity index (χ1n) is 6.65. The number of phenols is 2. The van der Waals surface area contributed by atoms with E-state index in [0.29, 0.717) is 17.7 Å². The van der Waals surface area contributed by atoms with E-state index in [4.69, 9.17) is 5.11 Å². The largest absolute Gasteiger partial charge is 0.508 e. The normalized spacial score (nSPS) is 17.4. The first-order valence-corrected chi connectivity index (χ1v) is 6.65. The maximum Gasteiger partial charge on any atom is 0.248 e. The zero-order valence-electron chi connectivity index (χ0n) is 11.9. The summed E-state index contributed by atoms with van der Waals surface area (Å²) in [5.74, 6) is -1.14. The van der Waals surface area contributed by atoms with Gasteiger partial charge in [0.25, 0.3) is 0 Å². The number of carbonyl (C=O) groups excluding carboxylic acids is 2. The molecule has 0 unspecified atom stereocenters. The quantitative estimate of drug-likeness (QED) is 0.466. The van der Waals surface area contributed by atoms with Crippen molar-refractivity contribution in [3.05, 3.63) is 23.8 Å². The highest BCUT2D eigenvalue weighted by molar-refractivity contribution is 6.07. The summed E-state index contributed by atoms with van der Waals surface area (Å²) >= 11 is 0. The Morgan fingerprint density at radius 2 is 2.27 bits per heavy atom. The van der Waals surface area contributed by atoms with Crippen LogP contribution in [0.4, 0.5) is 0 Å². The van der Waals surface area contributed by atoms with E-state index in [2.05, 4.69) is 21.1 Å². The first kappa shape index (κ1) is 15.5. The summed E-state index contributed by atoms with van der Waals surface area (Å²) in [6.45, 7) is 1.73. The van der Waals surface area contributed by atoms with Crippen LogP contribution in [0.25, 0.3) is 0 Å². The second kappa shape index (κ2) is 6.70. The second-order valence-electron chi connectivity index (χ2n) is 4.86. The number of carbonyl (C=O) groups is 2. The molecule has 0 bridgehead atoms. The van der Waals surface area contributed by atoms with Crippen molar-refractivity contribution in [3.63, 3.8) is 0 Å². The van der Waals surface area contributed by atoms with Gasteiger partial charge in [-0.3, -0.25) is 9.59 Å². The van der Waals surface area contributed by atoms with Crippen molar-refractivity contribution in [1.82, 2.24) is 10.9 Å². The summed E-state index contributed by atoms with van der Waals surface area (Å²) in [5.41, 5.74) is 5.69. The lowest BCUT2D eigenvalue weighted by atomic mass is 9.99. The fraction of sp³-hybridized carbons (Fsp3) is 0.286. The molecule has 8 nitrogen and oxygen atoms in total. The van der Waals surface area contributed by atoms with Gasteiger partial charge in [0.05, 0.1) is 12.1 Å². The molecule has 116 valence electrons. The number of nitrogens with zero attached hydrogens (tertiary/aromatic N) is 2. The summed E-state index contributed by atoms with van der Waals surface area (Å²) in [7, 11) is 0. The van der Waals surface area contributed by atoms with Crippen LogP contribution in [0.3, 0.4) is 0 Å². The summed E-state index contributed by atoms with van der Waals surface area (Å²) in [6, 6.07) is 4.02. The number of aromatic hydroxyl groups is 2. The smallest absolute Gasteiger partial charge is 0.248 e. The van der Waals surface area contributed by atoms with Crippen molar-refractivity contribution in [2.45, 2.75) is 19.8 Å². The molecule has 0 saturated carbocycles. The maximum absolute atomic E-state index is 11.6. The average molecular weight is 304 g/mol. The Hall–Kier alpha value is -2.90. The lowest BCUT2D eigenvalue weighted by Crippen LogP contribution is -2.25. The number of hydrogen-bond acceptors (Lipinski definition) is 6. The van der Waals surface area contributed by atoms with E-state index in [1.54, 1.807) is 6.92 Å². The van der Waals surface area contributed by atoms with Crippen molar-refractivity contribution >= 4 is 23.7 Å². The molecule has 1 aliphatic rings. The molecule has 0 saturated heterocycles. The van der Waals surface area contributed by atoms with Gasteiger partial charge >= 0.3 is 0 Å². The molecule has 0 aromatic heterocycles. The van der Waals surface area contributed by atoms with Gasteiger partial charge < -0.3 is 10.2 Å². The van der Waals surface area contributed by atoms with Gasteiger partial charge in [-0.25, -0.2) is 10.9 Å². The Morgan fingerprint density at radius 1 is 1.50 bits per heavy atom. The van der Waals surface area contributed by atoms with Gasteiger partial charge in [-0.1, -0.05) is 0 Å². The molecule has 0 aliphatic carbocycles. The summed E-state index contributed by atoms with van der Waals surface area (Å²) in [4.78, 5) is 23.1. The van der Waals surface area contributed by atoms with Gasteiger partial charge in [-0.15, -0.1) is 0 Å². The van der Waals surface area contributed by atoms with Gasteiger partial charge in [0.15, 0.2) is 0 Å². The number of hydrogen-bond donors (Lipinski definition) is 4. The van der Waals surface area contributed by atoms with Gasteiger partial charge in [-0.2, -0.15) is 10.2 Å². The predicted octanol–water partition coefficient (Wildman–Crippen LogP) is 0.450. The first-order chi connectivity index (χ1) is 10.5. The minimum atomic E-state index is -0.379. The Labute approximate surface area is 126 Å². The van der Waals surface area contributed by atoms with Crippen LogP contribution in [-0.2, 0) is 9.59 Å². The van der Waals surface area contributed by atoms with Crippen LogP contribution in [0, 0.1) is 5.92 Å². The third-order valence-electron chi connectivity index (χ3n) is 3.23. The van der Waals surface area contributed by atoms with Gasteiger partial charge in [-0.05, 0) is 25.5 Å². The van der Waals surface area contributed by atoms with Crippen molar-refractivity contribution in [2.75, 3.05) is 0 Å². The standard InChI is InChI=1S/C14H16N4O4/c1-8-11(14(22)18-16-8)4-5-13(21)17-15-7-9-2-3-10(19)6-12(9)20/h2-3,6-7,11,19-20H,4-5H2,1H3,(H,17,21)(H,18,22)/b15-7-/t11-/m1/s1. The van der Waals surface area contributed by atoms with Crippen molar-refractivity contribution in [1.29, 1.82) is 0 Å². The summed E-state index contributed by atoms with van der Waals surface area (Å²) in [5, 5.41) is 26.2. The van der Waals surface area contributed by atoms with Gasteiger partial charge in [0.2, 0.25) is 11.8 Å². The highest BCUT2D eigenvalue weighted by Gasteiger charge is 2.26. The Morgan fingerprint density at radius 3 is 2.91 bits per heavy atom. The third kappa shape index (κ3) is 3.81. The van der Waals surface area contributed by atoms with Crippen LogP contribution in [0.15, 0.2) is 28.4 Å². The van der Waals surface area contributed by atoms with E-state index < -0.39 is 0 Å². The van der Waals surface area contributed by atoms with Gasteiger partial charge in [0, 0.05) is 23.8 Å². The molecule has 2 amide bonds. The number of hydrazone groups is 2. The molecule has 1 heterocycles. The van der Waals surface area contributed by atoms with Gasteiger partial charge in [0.1, 0.15) is 11.5 Å². The monoisotopic (exact) mass is 304 g/mol. The molecular weight excluding hydrogens is 288 g/mol. The molecule has 0 fully saturated rings. The molecule has 22 heavy (non-hydrogen) atoms. The molecule has 4 N–H and O–H groups in total. The van der Waals surface area contributed by atoms with E-state index in [1.807, 2.05) is 0 Å². The number of nitrogens with one attached hydrogen (secondary N) is 2. The van der Waals surface area contributed by atoms with Crippen LogP contribution < -0.4 is 10.9 Å². The lowest BCUT2D eigenvalue weighted by molar-refractivity contribution is -0.123. The molecule has 8 heteroatoms. The average Bonchev–Trinajstić information content (AvgIpc) is 2.78. The van der Waals surface area contributed by atoms with Crippen LogP contribution in [0.1, 0.15) is 25.3 Å². The molecule has 1 aromatic rings. The zero-order chi connectivity index (χ0) is 16.1. The highest BCUT2D eigenvalue weighted by Crippen LogP contribution is 2.20. The minimum Gasteiger partial charge on any atom is -0.508 e. The number of rotatable bonds is 5. The predicted molar refractivity (Wildman–Crippen MR) is 79.5 cm³/mol. The molecular formula is C14H16N4O4. The number of phenolic OH excluding ortho intramolecular Hbond substituents is 2. The lowest BCUT2D eigenvalue weighted by Gasteiger charge is -2.06. The molecule has 1 aliphatic heterocycles. The topological polar surface area (TPSA) is 123 Å². The molecule has 0 radical (unpaired) electrons. The fourth-order valence-electron chi connectivity index (χ4n) is 1.98. The second-order valence-corrected chi connectivity index (χ2v) is 4.86. The summed E-state index contributed by atoms with van der Waals surface area (Å²) < 4.78 is 0. The fourth-order valence-corrected chi connectivity index (χ4v) is 1.98. The van der Waals surface area contributed by atoms with Crippen LogP contribution in [0.2, 0.25) is 0 Å². The number of amides is 2. The highest BCUT2D eigenvalue weighted by atomic mass is 16.3. The molecule has 1 aromatic carbocycles. The molecule has 0 spiro atoms. The number of benzene rings is 1. The Balaban J connectivity index is 1.81. The molecule has 1 atom stereocenters. The molecule has 2 rings (SSSR count). The van der Waals surface area contributed by atoms with Crippen molar-refractivity contribution in [2.24, 2.45) is 16.1 Å².